The number of sulfonamides is 1. The lowest BCUT2D eigenvalue weighted by atomic mass is 10.1. The van der Waals surface area contributed by atoms with E-state index in [4.69, 9.17) is 4.74 Å². The fourth-order valence-corrected chi connectivity index (χ4v) is 4.82. The third-order valence-electron chi connectivity index (χ3n) is 4.93. The topological polar surface area (TPSA) is 66.9 Å². The number of carbonyl (C=O) groups excluding carboxylic acids is 1. The van der Waals surface area contributed by atoms with Crippen molar-refractivity contribution < 1.29 is 17.9 Å². The van der Waals surface area contributed by atoms with Gasteiger partial charge in [0.1, 0.15) is 5.75 Å². The lowest BCUT2D eigenvalue weighted by Gasteiger charge is -2.23. The van der Waals surface area contributed by atoms with Crippen LogP contribution in [0.25, 0.3) is 0 Å². The molecule has 0 saturated heterocycles. The molecule has 0 aliphatic heterocycles. The standard InChI is InChI=1S/C24H26N2O4S/c1-4-26(21-10-6-5-7-11-21)31(28,29)23-12-8-9-20(17-23)24(27)25(2)18-19-13-15-22(30-3)16-14-19/h5-17H,4,18H2,1-3H3. The fraction of sp³-hybridized carbons (Fsp3) is 0.208. The van der Waals surface area contributed by atoms with E-state index in [1.165, 1.54) is 16.4 Å². The molecule has 0 spiro atoms. The Balaban J connectivity index is 1.83. The first-order valence-electron chi connectivity index (χ1n) is 9.93. The van der Waals surface area contributed by atoms with E-state index >= 15 is 0 Å². The molecule has 0 unspecified atom stereocenters. The van der Waals surface area contributed by atoms with E-state index in [9.17, 15) is 13.2 Å². The van der Waals surface area contributed by atoms with Crippen LogP contribution in [0.15, 0.2) is 83.8 Å². The van der Waals surface area contributed by atoms with E-state index in [1.54, 1.807) is 62.4 Å². The van der Waals surface area contributed by atoms with Gasteiger partial charge in [0.15, 0.2) is 0 Å². The van der Waals surface area contributed by atoms with Crippen LogP contribution in [0, 0.1) is 0 Å². The molecule has 1 amide bonds. The maximum atomic E-state index is 13.2. The van der Waals surface area contributed by atoms with Crippen molar-refractivity contribution >= 4 is 21.6 Å². The normalized spacial score (nSPS) is 11.1. The lowest BCUT2D eigenvalue weighted by Crippen LogP contribution is -2.31. The summed E-state index contributed by atoms with van der Waals surface area (Å²) in [6.07, 6.45) is 0. The Labute approximate surface area is 183 Å². The van der Waals surface area contributed by atoms with Crippen molar-refractivity contribution in [2.24, 2.45) is 0 Å². The molecule has 0 fully saturated rings. The number of amides is 1. The van der Waals surface area contributed by atoms with Gasteiger partial charge in [-0.3, -0.25) is 9.10 Å². The second-order valence-electron chi connectivity index (χ2n) is 7.04. The lowest BCUT2D eigenvalue weighted by molar-refractivity contribution is 0.0785. The van der Waals surface area contributed by atoms with E-state index in [2.05, 4.69) is 0 Å². The minimum absolute atomic E-state index is 0.0851. The molecule has 0 bridgehead atoms. The number of para-hydroxylation sites is 1. The minimum atomic E-state index is -3.80. The Morgan fingerprint density at radius 1 is 0.935 bits per heavy atom. The van der Waals surface area contributed by atoms with Crippen LogP contribution in [0.3, 0.4) is 0 Å². The van der Waals surface area contributed by atoms with Crippen LogP contribution in [0.4, 0.5) is 5.69 Å². The maximum absolute atomic E-state index is 13.2. The number of hydrogen-bond acceptors (Lipinski definition) is 4. The Hall–Kier alpha value is -3.32. The largest absolute Gasteiger partial charge is 0.497 e. The van der Waals surface area contributed by atoms with Gasteiger partial charge in [-0.05, 0) is 55.0 Å². The average molecular weight is 439 g/mol. The van der Waals surface area contributed by atoms with Crippen molar-refractivity contribution in [2.75, 3.05) is 25.0 Å². The molecule has 0 aliphatic carbocycles. The number of nitrogens with zero attached hydrogens (tertiary/aromatic N) is 2. The van der Waals surface area contributed by atoms with Crippen LogP contribution in [0.1, 0.15) is 22.8 Å². The van der Waals surface area contributed by atoms with Gasteiger partial charge in [-0.2, -0.15) is 0 Å². The predicted octanol–water partition coefficient (Wildman–Crippen LogP) is 4.18. The van der Waals surface area contributed by atoms with Crippen LogP contribution in [0.5, 0.6) is 5.75 Å². The number of rotatable bonds is 8. The summed E-state index contributed by atoms with van der Waals surface area (Å²) >= 11 is 0. The highest BCUT2D eigenvalue weighted by molar-refractivity contribution is 7.92. The van der Waals surface area contributed by atoms with E-state index in [1.807, 2.05) is 30.3 Å². The molecular formula is C24H26N2O4S. The summed E-state index contributed by atoms with van der Waals surface area (Å²) in [6.45, 7) is 2.45. The van der Waals surface area contributed by atoms with E-state index in [0.717, 1.165) is 11.3 Å². The van der Waals surface area contributed by atoms with Crippen LogP contribution >= 0.6 is 0 Å². The summed E-state index contributed by atoms with van der Waals surface area (Å²) in [5.41, 5.74) is 1.85. The van der Waals surface area contributed by atoms with Gasteiger partial charge in [0.05, 0.1) is 17.7 Å². The first-order valence-corrected chi connectivity index (χ1v) is 11.4. The Bertz CT molecular complexity index is 1130. The third-order valence-corrected chi connectivity index (χ3v) is 6.82. The molecule has 0 aromatic heterocycles. The summed E-state index contributed by atoms with van der Waals surface area (Å²) in [7, 11) is -0.513. The van der Waals surface area contributed by atoms with Crippen LogP contribution < -0.4 is 9.04 Å². The van der Waals surface area contributed by atoms with Gasteiger partial charge in [0.2, 0.25) is 0 Å². The van der Waals surface area contributed by atoms with Crippen molar-refractivity contribution in [1.29, 1.82) is 0 Å². The van der Waals surface area contributed by atoms with Crippen molar-refractivity contribution in [3.8, 4) is 5.75 Å². The zero-order valence-corrected chi connectivity index (χ0v) is 18.7. The highest BCUT2D eigenvalue weighted by atomic mass is 32.2. The number of methoxy groups -OCH3 is 1. The monoisotopic (exact) mass is 438 g/mol. The molecule has 7 heteroatoms. The van der Waals surface area contributed by atoms with Gasteiger partial charge in [-0.15, -0.1) is 0 Å². The van der Waals surface area contributed by atoms with Gasteiger partial charge < -0.3 is 9.64 Å². The van der Waals surface area contributed by atoms with Crippen molar-refractivity contribution in [3.05, 3.63) is 90.0 Å². The van der Waals surface area contributed by atoms with Gasteiger partial charge in [-0.25, -0.2) is 8.42 Å². The van der Waals surface area contributed by atoms with Crippen molar-refractivity contribution in [1.82, 2.24) is 4.90 Å². The van der Waals surface area contributed by atoms with Gasteiger partial charge in [0, 0.05) is 25.7 Å². The zero-order chi connectivity index (χ0) is 22.4. The summed E-state index contributed by atoms with van der Waals surface area (Å²) in [5, 5.41) is 0. The maximum Gasteiger partial charge on any atom is 0.264 e. The molecule has 0 N–H and O–H groups in total. The quantitative estimate of drug-likeness (QED) is 0.529. The molecule has 31 heavy (non-hydrogen) atoms. The molecule has 0 heterocycles. The van der Waals surface area contributed by atoms with Gasteiger partial charge in [-0.1, -0.05) is 36.4 Å². The summed E-state index contributed by atoms with van der Waals surface area (Å²) in [4.78, 5) is 14.6. The molecule has 0 saturated carbocycles. The number of anilines is 1. The number of hydrogen-bond donors (Lipinski definition) is 0. The second-order valence-corrected chi connectivity index (χ2v) is 8.90. The van der Waals surface area contributed by atoms with Gasteiger partial charge >= 0.3 is 0 Å². The number of ether oxygens (including phenoxy) is 1. The smallest absolute Gasteiger partial charge is 0.264 e. The summed E-state index contributed by atoms with van der Waals surface area (Å²) < 4.78 is 33.0. The SMILES string of the molecule is CCN(c1ccccc1)S(=O)(=O)c1cccc(C(=O)N(C)Cc2ccc(OC)cc2)c1. The molecule has 3 aromatic carbocycles. The third kappa shape index (κ3) is 5.06. The summed E-state index contributed by atoms with van der Waals surface area (Å²) in [6, 6.07) is 22.6. The molecule has 0 aliphatic rings. The highest BCUT2D eigenvalue weighted by Gasteiger charge is 2.25. The second kappa shape index (κ2) is 9.66. The molecule has 0 atom stereocenters. The number of benzene rings is 3. The number of carbonyl (C=O) groups is 1. The first kappa shape index (κ1) is 22.4. The Morgan fingerprint density at radius 3 is 2.23 bits per heavy atom. The highest BCUT2D eigenvalue weighted by Crippen LogP contribution is 2.24. The molecule has 3 aromatic rings. The average Bonchev–Trinajstić information content (AvgIpc) is 2.80. The van der Waals surface area contributed by atoms with E-state index < -0.39 is 10.0 Å². The van der Waals surface area contributed by atoms with Crippen molar-refractivity contribution in [3.63, 3.8) is 0 Å². The van der Waals surface area contributed by atoms with Crippen LogP contribution in [0.2, 0.25) is 0 Å². The molecular weight excluding hydrogens is 412 g/mol. The zero-order valence-electron chi connectivity index (χ0n) is 17.9. The van der Waals surface area contributed by atoms with Crippen molar-refractivity contribution in [2.45, 2.75) is 18.4 Å². The molecule has 0 radical (unpaired) electrons. The van der Waals surface area contributed by atoms with Gasteiger partial charge in [0.25, 0.3) is 15.9 Å². The first-order chi connectivity index (χ1) is 14.9. The molecule has 3 rings (SSSR count). The van der Waals surface area contributed by atoms with Crippen LogP contribution in [-0.4, -0.2) is 39.9 Å². The molecule has 6 nitrogen and oxygen atoms in total. The van der Waals surface area contributed by atoms with E-state index in [-0.39, 0.29) is 17.3 Å². The Kier molecular flexibility index (Phi) is 6.97. The Morgan fingerprint density at radius 2 is 1.61 bits per heavy atom. The molecule has 162 valence electrons. The summed E-state index contributed by atoms with van der Waals surface area (Å²) in [5.74, 6) is 0.491. The fourth-order valence-electron chi connectivity index (χ4n) is 3.30. The minimum Gasteiger partial charge on any atom is -0.497 e. The van der Waals surface area contributed by atoms with Crippen LogP contribution in [-0.2, 0) is 16.6 Å². The van der Waals surface area contributed by atoms with E-state index in [0.29, 0.717) is 17.8 Å². The predicted molar refractivity (Wildman–Crippen MR) is 122 cm³/mol.